The number of benzene rings is 2. The summed E-state index contributed by atoms with van der Waals surface area (Å²) in [5, 5.41) is 17.2. The Labute approximate surface area is 185 Å². The van der Waals surface area contributed by atoms with Crippen molar-refractivity contribution >= 4 is 11.7 Å². The number of phenols is 1. The molecule has 32 heavy (non-hydrogen) atoms. The number of aromatic hydroxyl groups is 1. The summed E-state index contributed by atoms with van der Waals surface area (Å²) in [7, 11) is 3.21. The van der Waals surface area contributed by atoms with E-state index in [1.807, 2.05) is 37.3 Å². The maximum atomic E-state index is 13.5. The van der Waals surface area contributed by atoms with Gasteiger partial charge in [-0.2, -0.15) is 0 Å². The van der Waals surface area contributed by atoms with Crippen molar-refractivity contribution in [3.63, 3.8) is 0 Å². The first-order valence-corrected chi connectivity index (χ1v) is 10.5. The number of hydrogen-bond donors (Lipinski definition) is 2. The largest absolute Gasteiger partial charge is 0.508 e. The molecule has 0 amide bonds. The summed E-state index contributed by atoms with van der Waals surface area (Å²) in [4.78, 5) is 13.5. The highest BCUT2D eigenvalue weighted by atomic mass is 16.5. The zero-order valence-corrected chi connectivity index (χ0v) is 18.1. The van der Waals surface area contributed by atoms with Crippen molar-refractivity contribution in [3.8, 4) is 17.2 Å². The van der Waals surface area contributed by atoms with Crippen molar-refractivity contribution in [2.75, 3.05) is 19.5 Å². The molecule has 7 heteroatoms. The first-order chi connectivity index (χ1) is 15.5. The van der Waals surface area contributed by atoms with Gasteiger partial charge < -0.3 is 24.4 Å². The lowest BCUT2D eigenvalue weighted by molar-refractivity contribution is -0.116. The molecule has 0 spiro atoms. The zero-order valence-electron chi connectivity index (χ0n) is 18.1. The van der Waals surface area contributed by atoms with E-state index in [-0.39, 0.29) is 23.4 Å². The number of Topliss-reactive ketones (excluding diaryl/α,β-unsaturated/α-hetero) is 1. The minimum absolute atomic E-state index is 0.000378. The van der Waals surface area contributed by atoms with Crippen LogP contribution in [0.15, 0.2) is 58.3 Å². The number of nitrogens with one attached hydrogen (secondary N) is 1. The summed E-state index contributed by atoms with van der Waals surface area (Å²) in [5.41, 5.74) is 5.14. The Morgan fingerprint density at radius 2 is 1.75 bits per heavy atom. The molecule has 0 unspecified atom stereocenters. The lowest BCUT2D eigenvalue weighted by atomic mass is 9.72. The number of methoxy groups -OCH3 is 2. The average molecular weight is 432 g/mol. The van der Waals surface area contributed by atoms with Crippen molar-refractivity contribution < 1.29 is 23.9 Å². The van der Waals surface area contributed by atoms with Crippen molar-refractivity contribution in [3.05, 3.63) is 76.1 Å². The highest BCUT2D eigenvalue weighted by molar-refractivity contribution is 6.01. The number of aromatic nitrogens is 1. The standard InChI is InChI=1S/C25H24N2O5/c1-13-22-23(14-4-7-17(28)8-5-14)24-18(26-25(22)32-27-13)10-16(11-19(24)29)15-6-9-20(30-2)21(12-15)31-3/h4-9,12,16,23,26,28H,10-11H2,1-3H3/t16-,23-/m0/s1. The van der Waals surface area contributed by atoms with Gasteiger partial charge in [0.1, 0.15) is 5.75 Å². The van der Waals surface area contributed by atoms with Gasteiger partial charge in [0.25, 0.3) is 0 Å². The Bertz CT molecular complexity index is 1230. The Morgan fingerprint density at radius 3 is 2.47 bits per heavy atom. The van der Waals surface area contributed by atoms with Crippen LogP contribution in [0.25, 0.3) is 0 Å². The zero-order chi connectivity index (χ0) is 22.4. The van der Waals surface area contributed by atoms with Gasteiger partial charge in [0, 0.05) is 23.6 Å². The van der Waals surface area contributed by atoms with Crippen LogP contribution in [0, 0.1) is 6.92 Å². The van der Waals surface area contributed by atoms with E-state index in [2.05, 4.69) is 10.5 Å². The van der Waals surface area contributed by atoms with Gasteiger partial charge in [-0.1, -0.05) is 23.4 Å². The van der Waals surface area contributed by atoms with Crippen LogP contribution in [-0.4, -0.2) is 30.3 Å². The quantitative estimate of drug-likeness (QED) is 0.619. The van der Waals surface area contributed by atoms with E-state index < -0.39 is 0 Å². The fourth-order valence-electron chi connectivity index (χ4n) is 4.81. The molecule has 3 aromatic rings. The molecule has 2 heterocycles. The number of ether oxygens (including phenoxy) is 2. The highest BCUT2D eigenvalue weighted by Gasteiger charge is 2.41. The highest BCUT2D eigenvalue weighted by Crippen LogP contribution is 2.49. The number of ketones is 1. The summed E-state index contributed by atoms with van der Waals surface area (Å²) in [6.07, 6.45) is 1.05. The number of carbonyl (C=O) groups excluding carboxylic acids is 1. The fourth-order valence-corrected chi connectivity index (χ4v) is 4.81. The monoisotopic (exact) mass is 432 g/mol. The summed E-state index contributed by atoms with van der Waals surface area (Å²) in [5.74, 6) is 1.85. The van der Waals surface area contributed by atoms with Crippen molar-refractivity contribution in [2.24, 2.45) is 0 Å². The first kappa shape index (κ1) is 20.2. The number of rotatable bonds is 4. The van der Waals surface area contributed by atoms with Gasteiger partial charge in [-0.15, -0.1) is 0 Å². The number of anilines is 1. The van der Waals surface area contributed by atoms with Crippen LogP contribution in [-0.2, 0) is 4.79 Å². The maximum absolute atomic E-state index is 13.5. The van der Waals surface area contributed by atoms with Crippen molar-refractivity contribution in [1.29, 1.82) is 0 Å². The van der Waals surface area contributed by atoms with E-state index in [1.54, 1.807) is 26.4 Å². The van der Waals surface area contributed by atoms with Crippen LogP contribution >= 0.6 is 0 Å². The molecule has 0 fully saturated rings. The van der Waals surface area contributed by atoms with E-state index >= 15 is 0 Å². The van der Waals surface area contributed by atoms with E-state index in [1.165, 1.54) is 0 Å². The van der Waals surface area contributed by atoms with Crippen LogP contribution in [0.5, 0.6) is 17.2 Å². The predicted molar refractivity (Wildman–Crippen MR) is 118 cm³/mol. The molecule has 0 radical (unpaired) electrons. The molecule has 2 N–H and O–H groups in total. The Kier molecular flexibility index (Phi) is 4.89. The van der Waals surface area contributed by atoms with E-state index in [4.69, 9.17) is 14.0 Å². The average Bonchev–Trinajstić information content (AvgIpc) is 3.18. The SMILES string of the molecule is COc1ccc([C@@H]2CC(=O)C3=C(C2)Nc2onc(C)c2[C@@H]3c2ccc(O)cc2)cc1OC. The topological polar surface area (TPSA) is 93.8 Å². The van der Waals surface area contributed by atoms with E-state index in [9.17, 15) is 9.90 Å². The molecule has 2 atom stereocenters. The third kappa shape index (κ3) is 3.21. The van der Waals surface area contributed by atoms with Crippen LogP contribution in [0.3, 0.4) is 0 Å². The number of allylic oxidation sites excluding steroid dienone is 2. The molecule has 1 aliphatic heterocycles. The third-order valence-electron chi connectivity index (χ3n) is 6.36. The molecule has 0 saturated heterocycles. The normalized spacial score (nSPS) is 19.8. The van der Waals surface area contributed by atoms with Crippen LogP contribution in [0.2, 0.25) is 0 Å². The molecule has 2 aromatic carbocycles. The molecule has 0 saturated carbocycles. The van der Waals surface area contributed by atoms with Gasteiger partial charge in [0.2, 0.25) is 5.88 Å². The van der Waals surface area contributed by atoms with Crippen molar-refractivity contribution in [1.82, 2.24) is 5.16 Å². The second-order valence-corrected chi connectivity index (χ2v) is 8.20. The smallest absolute Gasteiger partial charge is 0.233 e. The Balaban J connectivity index is 1.57. The Morgan fingerprint density at radius 1 is 1.03 bits per heavy atom. The molecular weight excluding hydrogens is 408 g/mol. The minimum Gasteiger partial charge on any atom is -0.508 e. The third-order valence-corrected chi connectivity index (χ3v) is 6.36. The van der Waals surface area contributed by atoms with Gasteiger partial charge in [0.15, 0.2) is 17.3 Å². The van der Waals surface area contributed by atoms with Gasteiger partial charge in [0.05, 0.1) is 25.5 Å². The summed E-state index contributed by atoms with van der Waals surface area (Å²) < 4.78 is 16.4. The van der Waals surface area contributed by atoms with E-state index in [0.717, 1.165) is 33.7 Å². The van der Waals surface area contributed by atoms with Gasteiger partial charge in [-0.3, -0.25) is 4.79 Å². The number of nitrogens with zero attached hydrogens (tertiary/aromatic N) is 1. The van der Waals surface area contributed by atoms with Crippen LogP contribution in [0.4, 0.5) is 5.88 Å². The maximum Gasteiger partial charge on any atom is 0.233 e. The van der Waals surface area contributed by atoms with E-state index in [0.29, 0.717) is 30.2 Å². The summed E-state index contributed by atoms with van der Waals surface area (Å²) >= 11 is 0. The molecule has 2 aliphatic rings. The number of carbonyl (C=O) groups is 1. The summed E-state index contributed by atoms with van der Waals surface area (Å²) in [6, 6.07) is 12.8. The van der Waals surface area contributed by atoms with Gasteiger partial charge in [-0.25, -0.2) is 0 Å². The Hall–Kier alpha value is -3.74. The van der Waals surface area contributed by atoms with Crippen molar-refractivity contribution in [2.45, 2.75) is 31.6 Å². The lowest BCUT2D eigenvalue weighted by Crippen LogP contribution is -2.29. The lowest BCUT2D eigenvalue weighted by Gasteiger charge is -2.34. The van der Waals surface area contributed by atoms with Gasteiger partial charge in [-0.05, 0) is 54.7 Å². The molecule has 7 nitrogen and oxygen atoms in total. The molecule has 5 rings (SSSR count). The predicted octanol–water partition coefficient (Wildman–Crippen LogP) is 4.66. The second kappa shape index (κ2) is 7.75. The van der Waals surface area contributed by atoms with Crippen LogP contribution < -0.4 is 14.8 Å². The second-order valence-electron chi connectivity index (χ2n) is 8.20. The molecule has 1 aliphatic carbocycles. The molecule has 164 valence electrons. The number of hydrogen-bond acceptors (Lipinski definition) is 7. The number of fused-ring (bicyclic) bond motifs is 1. The first-order valence-electron chi connectivity index (χ1n) is 10.5. The number of aryl methyl sites for hydroxylation is 1. The number of phenolic OH excluding ortho intramolecular Hbond substituents is 1. The van der Waals surface area contributed by atoms with Gasteiger partial charge >= 0.3 is 0 Å². The summed E-state index contributed by atoms with van der Waals surface area (Å²) in [6.45, 7) is 1.88. The van der Waals surface area contributed by atoms with Crippen LogP contribution in [0.1, 0.15) is 47.1 Å². The minimum atomic E-state index is -0.285. The molecule has 1 aromatic heterocycles. The fraction of sp³-hybridized carbons (Fsp3) is 0.280. The molecular formula is C25H24N2O5. The molecule has 0 bridgehead atoms.